The van der Waals surface area contributed by atoms with Gasteiger partial charge in [0.15, 0.2) is 0 Å². The molecule has 0 amide bonds. The van der Waals surface area contributed by atoms with E-state index in [0.29, 0.717) is 22.9 Å². The molecule has 1 aromatic carbocycles. The van der Waals surface area contributed by atoms with Crippen molar-refractivity contribution in [1.82, 2.24) is 15.3 Å². The van der Waals surface area contributed by atoms with Crippen LogP contribution in [0.1, 0.15) is 37.7 Å². The molecule has 0 spiro atoms. The molecule has 1 saturated heterocycles. The van der Waals surface area contributed by atoms with Gasteiger partial charge in [-0.05, 0) is 54.8 Å². The first-order valence-electron chi connectivity index (χ1n) is 12.3. The van der Waals surface area contributed by atoms with Gasteiger partial charge in [0.2, 0.25) is 0 Å². The standard InChI is InChI=1S/C27H30F3N5/c28-27(29,30)21-6-4-5-19(17-21)23-9-10-25(35-15-13-31-14-16-35)34-26(23)20-11-12-32-24(18-20)33-22-7-2-1-3-8-22/h4-6,9-12,17-18,22,31H,1-3,7-8,13-16H2,(H,32,33). The molecule has 1 aliphatic carbocycles. The minimum Gasteiger partial charge on any atom is -0.367 e. The van der Waals surface area contributed by atoms with Crippen LogP contribution in [0, 0.1) is 0 Å². The van der Waals surface area contributed by atoms with E-state index in [1.54, 1.807) is 12.3 Å². The van der Waals surface area contributed by atoms with Gasteiger partial charge in [-0.1, -0.05) is 31.4 Å². The van der Waals surface area contributed by atoms with Crippen LogP contribution in [0.3, 0.4) is 0 Å². The number of hydrogen-bond donors (Lipinski definition) is 2. The second kappa shape index (κ2) is 10.2. The molecule has 5 nitrogen and oxygen atoms in total. The monoisotopic (exact) mass is 481 g/mol. The number of piperazine rings is 1. The summed E-state index contributed by atoms with van der Waals surface area (Å²) < 4.78 is 40.3. The Bertz CT molecular complexity index is 1150. The minimum atomic E-state index is -4.40. The molecule has 2 aliphatic rings. The highest BCUT2D eigenvalue weighted by molar-refractivity contribution is 5.83. The molecule has 0 unspecified atom stereocenters. The summed E-state index contributed by atoms with van der Waals surface area (Å²) in [4.78, 5) is 11.7. The molecule has 0 atom stereocenters. The smallest absolute Gasteiger partial charge is 0.367 e. The molecule has 184 valence electrons. The van der Waals surface area contributed by atoms with Gasteiger partial charge in [-0.3, -0.25) is 0 Å². The third-order valence-corrected chi connectivity index (χ3v) is 6.81. The summed E-state index contributed by atoms with van der Waals surface area (Å²) in [5, 5.41) is 6.89. The van der Waals surface area contributed by atoms with Crippen LogP contribution in [0.4, 0.5) is 24.8 Å². The van der Waals surface area contributed by atoms with Gasteiger partial charge < -0.3 is 15.5 Å². The maximum absolute atomic E-state index is 13.4. The van der Waals surface area contributed by atoms with Crippen molar-refractivity contribution in [2.24, 2.45) is 0 Å². The van der Waals surface area contributed by atoms with Crippen molar-refractivity contribution in [2.75, 3.05) is 36.4 Å². The molecule has 3 heterocycles. The number of aromatic nitrogens is 2. The van der Waals surface area contributed by atoms with Gasteiger partial charge in [-0.15, -0.1) is 0 Å². The normalized spacial score (nSPS) is 17.4. The van der Waals surface area contributed by atoms with Crippen LogP contribution >= 0.6 is 0 Å². The third kappa shape index (κ3) is 5.59. The fourth-order valence-corrected chi connectivity index (χ4v) is 4.95. The van der Waals surface area contributed by atoms with Crippen molar-refractivity contribution in [1.29, 1.82) is 0 Å². The SMILES string of the molecule is FC(F)(F)c1cccc(-c2ccc(N3CCNCC3)nc2-c2ccnc(NC3CCCCC3)c2)c1. The zero-order chi connectivity index (χ0) is 24.3. The maximum atomic E-state index is 13.4. The lowest BCUT2D eigenvalue weighted by Crippen LogP contribution is -2.43. The van der Waals surface area contributed by atoms with Crippen LogP contribution in [-0.2, 0) is 6.18 Å². The van der Waals surface area contributed by atoms with Crippen molar-refractivity contribution in [3.8, 4) is 22.4 Å². The lowest BCUT2D eigenvalue weighted by atomic mass is 9.95. The first-order chi connectivity index (χ1) is 17.0. The topological polar surface area (TPSA) is 53.1 Å². The molecular formula is C27H30F3N5. The highest BCUT2D eigenvalue weighted by Gasteiger charge is 2.30. The van der Waals surface area contributed by atoms with Gasteiger partial charge in [0.25, 0.3) is 0 Å². The third-order valence-electron chi connectivity index (χ3n) is 6.81. The summed E-state index contributed by atoms with van der Waals surface area (Å²) in [6.45, 7) is 3.41. The molecule has 5 rings (SSSR count). The van der Waals surface area contributed by atoms with Gasteiger partial charge in [-0.25, -0.2) is 9.97 Å². The Hall–Kier alpha value is -3.13. The van der Waals surface area contributed by atoms with E-state index >= 15 is 0 Å². The Morgan fingerprint density at radius 3 is 2.49 bits per heavy atom. The van der Waals surface area contributed by atoms with Crippen molar-refractivity contribution >= 4 is 11.6 Å². The average Bonchev–Trinajstić information content (AvgIpc) is 2.89. The Morgan fingerprint density at radius 1 is 0.914 bits per heavy atom. The highest BCUT2D eigenvalue weighted by atomic mass is 19.4. The Morgan fingerprint density at radius 2 is 1.71 bits per heavy atom. The molecular weight excluding hydrogens is 451 g/mol. The summed E-state index contributed by atoms with van der Waals surface area (Å²) >= 11 is 0. The highest BCUT2D eigenvalue weighted by Crippen LogP contribution is 2.37. The summed E-state index contributed by atoms with van der Waals surface area (Å²) in [6, 6.07) is 13.5. The summed E-state index contributed by atoms with van der Waals surface area (Å²) in [7, 11) is 0. The first-order valence-corrected chi connectivity index (χ1v) is 12.3. The largest absolute Gasteiger partial charge is 0.416 e. The number of pyridine rings is 2. The second-order valence-electron chi connectivity index (χ2n) is 9.29. The molecule has 2 fully saturated rings. The molecule has 35 heavy (non-hydrogen) atoms. The van der Waals surface area contributed by atoms with E-state index in [2.05, 4.69) is 20.5 Å². The molecule has 1 saturated carbocycles. The number of benzene rings is 1. The van der Waals surface area contributed by atoms with Crippen LogP contribution in [-0.4, -0.2) is 42.2 Å². The van der Waals surface area contributed by atoms with E-state index in [9.17, 15) is 13.2 Å². The van der Waals surface area contributed by atoms with Crippen molar-refractivity contribution in [2.45, 2.75) is 44.3 Å². The molecule has 3 aromatic rings. The summed E-state index contributed by atoms with van der Waals surface area (Å²) in [5.41, 5.74) is 2.00. The van der Waals surface area contributed by atoms with Crippen LogP contribution < -0.4 is 15.5 Å². The Balaban J connectivity index is 1.55. The zero-order valence-corrected chi connectivity index (χ0v) is 19.6. The van der Waals surface area contributed by atoms with Crippen molar-refractivity contribution in [3.05, 3.63) is 60.3 Å². The van der Waals surface area contributed by atoms with Crippen molar-refractivity contribution < 1.29 is 13.2 Å². The quantitative estimate of drug-likeness (QED) is 0.469. The van der Waals surface area contributed by atoms with Crippen LogP contribution in [0.2, 0.25) is 0 Å². The Labute approximate surface area is 203 Å². The van der Waals surface area contributed by atoms with Gasteiger partial charge in [0.05, 0.1) is 11.3 Å². The lowest BCUT2D eigenvalue weighted by molar-refractivity contribution is -0.137. The van der Waals surface area contributed by atoms with E-state index in [1.807, 2.05) is 24.3 Å². The van der Waals surface area contributed by atoms with E-state index in [4.69, 9.17) is 4.98 Å². The predicted octanol–water partition coefficient (Wildman–Crippen LogP) is 5.98. The van der Waals surface area contributed by atoms with E-state index in [-0.39, 0.29) is 0 Å². The van der Waals surface area contributed by atoms with E-state index < -0.39 is 11.7 Å². The zero-order valence-electron chi connectivity index (χ0n) is 19.6. The second-order valence-corrected chi connectivity index (χ2v) is 9.29. The molecule has 1 aliphatic heterocycles. The Kier molecular flexibility index (Phi) is 6.90. The van der Waals surface area contributed by atoms with Gasteiger partial charge in [0, 0.05) is 49.5 Å². The average molecular weight is 482 g/mol. The number of rotatable bonds is 5. The molecule has 0 radical (unpaired) electrons. The number of nitrogens with one attached hydrogen (secondary N) is 2. The first kappa shape index (κ1) is 23.6. The molecule has 8 heteroatoms. The van der Waals surface area contributed by atoms with Crippen LogP contribution in [0.25, 0.3) is 22.4 Å². The lowest BCUT2D eigenvalue weighted by Gasteiger charge is -2.29. The van der Waals surface area contributed by atoms with Gasteiger partial charge in [-0.2, -0.15) is 13.2 Å². The predicted molar refractivity (Wildman–Crippen MR) is 133 cm³/mol. The number of hydrogen-bond acceptors (Lipinski definition) is 5. The molecule has 2 aromatic heterocycles. The number of nitrogens with zero attached hydrogens (tertiary/aromatic N) is 3. The summed E-state index contributed by atoms with van der Waals surface area (Å²) in [5.74, 6) is 1.61. The number of alkyl halides is 3. The summed E-state index contributed by atoms with van der Waals surface area (Å²) in [6.07, 6.45) is 3.29. The van der Waals surface area contributed by atoms with Crippen molar-refractivity contribution in [3.63, 3.8) is 0 Å². The fraction of sp³-hybridized carbons (Fsp3) is 0.407. The van der Waals surface area contributed by atoms with Gasteiger partial charge >= 0.3 is 6.18 Å². The van der Waals surface area contributed by atoms with Crippen LogP contribution in [0.15, 0.2) is 54.7 Å². The number of halogens is 3. The van der Waals surface area contributed by atoms with Crippen LogP contribution in [0.5, 0.6) is 0 Å². The fourth-order valence-electron chi connectivity index (χ4n) is 4.95. The maximum Gasteiger partial charge on any atom is 0.416 e. The van der Waals surface area contributed by atoms with Gasteiger partial charge in [0.1, 0.15) is 11.6 Å². The molecule has 2 N–H and O–H groups in total. The minimum absolute atomic E-state index is 0.398. The van der Waals surface area contributed by atoms with E-state index in [0.717, 1.165) is 62.3 Å². The van der Waals surface area contributed by atoms with E-state index in [1.165, 1.54) is 31.4 Å². The molecule has 0 bridgehead atoms. The number of anilines is 2.